The van der Waals surface area contributed by atoms with Crippen LogP contribution >= 0.6 is 11.3 Å². The Labute approximate surface area is 133 Å². The maximum Gasteiger partial charge on any atom is 0.255 e. The number of para-hydroxylation sites is 1. The van der Waals surface area contributed by atoms with E-state index in [1.165, 1.54) is 11.3 Å². The third-order valence-corrected chi connectivity index (χ3v) is 5.39. The molecule has 2 aromatic rings. The molecule has 1 fully saturated rings. The first-order valence-corrected chi connectivity index (χ1v) is 8.25. The summed E-state index contributed by atoms with van der Waals surface area (Å²) in [6.07, 6.45) is -0.940. The van der Waals surface area contributed by atoms with Gasteiger partial charge < -0.3 is 15.1 Å². The summed E-state index contributed by atoms with van der Waals surface area (Å²) in [6.45, 7) is 4.58. The minimum atomic E-state index is -1.47. The maximum absolute atomic E-state index is 12.5. The fraction of sp³-hybridized carbons (Fsp3) is 0.500. The fourth-order valence-electron chi connectivity index (χ4n) is 2.96. The fourth-order valence-corrected chi connectivity index (χ4v) is 3.95. The maximum atomic E-state index is 12.5. The first-order valence-electron chi connectivity index (χ1n) is 7.43. The molecule has 3 rings (SSSR count). The number of rotatable bonds is 3. The zero-order chi connectivity index (χ0) is 15.9. The average Bonchev–Trinajstić information content (AvgIpc) is 3.07. The number of fused-ring (bicyclic) bond motifs is 1. The Morgan fingerprint density at radius 1 is 1.36 bits per heavy atom. The minimum Gasteiger partial charge on any atom is -0.383 e. The predicted molar refractivity (Wildman–Crippen MR) is 85.6 cm³/mol. The van der Waals surface area contributed by atoms with Gasteiger partial charge in [0.05, 0.1) is 10.2 Å². The first-order chi connectivity index (χ1) is 10.4. The van der Waals surface area contributed by atoms with Crippen molar-refractivity contribution in [3.8, 4) is 0 Å². The molecule has 0 bridgehead atoms. The quantitative estimate of drug-likeness (QED) is 0.908. The first kappa shape index (κ1) is 15.4. The molecule has 5 nitrogen and oxygen atoms in total. The Kier molecular flexibility index (Phi) is 3.92. The molecule has 22 heavy (non-hydrogen) atoms. The zero-order valence-corrected chi connectivity index (χ0v) is 13.5. The Morgan fingerprint density at radius 2 is 2.09 bits per heavy atom. The second-order valence-electron chi connectivity index (χ2n) is 6.32. The van der Waals surface area contributed by atoms with Gasteiger partial charge in [0.1, 0.15) is 11.1 Å². The molecule has 0 radical (unpaired) electrons. The highest BCUT2D eigenvalue weighted by Gasteiger charge is 2.40. The van der Waals surface area contributed by atoms with Crippen LogP contribution in [0.1, 0.15) is 37.8 Å². The SMILES string of the molecule is CC1(C)CCCN1C(=O)C(O)C(O)c1nc2ccccc2s1. The summed E-state index contributed by atoms with van der Waals surface area (Å²) in [5, 5.41) is 21.0. The molecule has 1 aliphatic heterocycles. The number of nitrogens with zero attached hydrogens (tertiary/aromatic N) is 2. The third-order valence-electron chi connectivity index (χ3n) is 4.28. The summed E-state index contributed by atoms with van der Waals surface area (Å²) >= 11 is 1.30. The smallest absolute Gasteiger partial charge is 0.255 e. The van der Waals surface area contributed by atoms with Gasteiger partial charge in [-0.05, 0) is 38.8 Å². The van der Waals surface area contributed by atoms with Gasteiger partial charge in [0.25, 0.3) is 5.91 Å². The zero-order valence-electron chi connectivity index (χ0n) is 12.7. The van der Waals surface area contributed by atoms with Gasteiger partial charge in [0.2, 0.25) is 0 Å². The van der Waals surface area contributed by atoms with Gasteiger partial charge >= 0.3 is 0 Å². The summed E-state index contributed by atoms with van der Waals surface area (Å²) in [6, 6.07) is 7.51. The lowest BCUT2D eigenvalue weighted by atomic mass is 10.0. The van der Waals surface area contributed by atoms with E-state index in [2.05, 4.69) is 4.98 Å². The minimum absolute atomic E-state index is 0.272. The summed E-state index contributed by atoms with van der Waals surface area (Å²) in [4.78, 5) is 18.5. The van der Waals surface area contributed by atoms with E-state index in [1.807, 2.05) is 38.1 Å². The van der Waals surface area contributed by atoms with E-state index < -0.39 is 18.1 Å². The molecular weight excluding hydrogens is 300 g/mol. The van der Waals surface area contributed by atoms with Crippen LogP contribution in [0.15, 0.2) is 24.3 Å². The lowest BCUT2D eigenvalue weighted by Gasteiger charge is -2.33. The van der Waals surface area contributed by atoms with Gasteiger partial charge in [0, 0.05) is 12.1 Å². The number of aliphatic hydroxyl groups is 2. The van der Waals surface area contributed by atoms with Gasteiger partial charge in [0.15, 0.2) is 6.10 Å². The highest BCUT2D eigenvalue weighted by atomic mass is 32.1. The van der Waals surface area contributed by atoms with Crippen molar-refractivity contribution >= 4 is 27.5 Å². The Morgan fingerprint density at radius 3 is 2.73 bits per heavy atom. The molecule has 1 aromatic carbocycles. The van der Waals surface area contributed by atoms with E-state index in [0.717, 1.165) is 23.1 Å². The molecular formula is C16H20N2O3S. The molecule has 1 saturated heterocycles. The van der Waals surface area contributed by atoms with Crippen LogP contribution in [0.4, 0.5) is 0 Å². The Balaban J connectivity index is 1.81. The van der Waals surface area contributed by atoms with E-state index in [9.17, 15) is 15.0 Å². The van der Waals surface area contributed by atoms with E-state index in [4.69, 9.17) is 0 Å². The van der Waals surface area contributed by atoms with Crippen molar-refractivity contribution in [2.45, 2.75) is 44.4 Å². The Hall–Kier alpha value is -1.50. The number of likely N-dealkylation sites (tertiary alicyclic amines) is 1. The molecule has 2 N–H and O–H groups in total. The van der Waals surface area contributed by atoms with Crippen LogP contribution in [0.3, 0.4) is 0 Å². The van der Waals surface area contributed by atoms with E-state index in [1.54, 1.807) is 4.90 Å². The number of carbonyl (C=O) groups is 1. The largest absolute Gasteiger partial charge is 0.383 e. The topological polar surface area (TPSA) is 73.7 Å². The van der Waals surface area contributed by atoms with Crippen molar-refractivity contribution in [3.05, 3.63) is 29.3 Å². The molecule has 0 saturated carbocycles. The predicted octanol–water partition coefficient (Wildman–Crippen LogP) is 2.09. The summed E-state index contributed by atoms with van der Waals surface area (Å²) < 4.78 is 0.928. The molecule has 1 aromatic heterocycles. The highest BCUT2D eigenvalue weighted by Crippen LogP contribution is 2.32. The summed E-state index contributed by atoms with van der Waals surface area (Å²) in [5.74, 6) is -0.422. The number of aliphatic hydroxyl groups excluding tert-OH is 2. The van der Waals surface area contributed by atoms with Gasteiger partial charge in [-0.25, -0.2) is 4.98 Å². The molecule has 0 spiro atoms. The van der Waals surface area contributed by atoms with E-state index in [0.29, 0.717) is 11.6 Å². The normalized spacial score (nSPS) is 20.3. The molecule has 2 atom stereocenters. The molecule has 118 valence electrons. The molecule has 2 unspecified atom stereocenters. The van der Waals surface area contributed by atoms with Gasteiger partial charge in [-0.15, -0.1) is 11.3 Å². The van der Waals surface area contributed by atoms with Crippen LogP contribution in [0.25, 0.3) is 10.2 Å². The number of aromatic nitrogens is 1. The molecule has 6 heteroatoms. The second-order valence-corrected chi connectivity index (χ2v) is 7.38. The van der Waals surface area contributed by atoms with Crippen molar-refractivity contribution in [1.82, 2.24) is 9.88 Å². The van der Waals surface area contributed by atoms with Crippen molar-refractivity contribution in [1.29, 1.82) is 0 Å². The van der Waals surface area contributed by atoms with Gasteiger partial charge in [-0.1, -0.05) is 12.1 Å². The third kappa shape index (κ3) is 2.62. The molecule has 1 amide bonds. The summed E-state index contributed by atoms with van der Waals surface area (Å²) in [7, 11) is 0. The van der Waals surface area contributed by atoms with Crippen LogP contribution in [-0.2, 0) is 4.79 Å². The van der Waals surface area contributed by atoms with Gasteiger partial charge in [-0.2, -0.15) is 0 Å². The van der Waals surface area contributed by atoms with Crippen LogP contribution < -0.4 is 0 Å². The number of benzene rings is 1. The number of hydrogen-bond donors (Lipinski definition) is 2. The summed E-state index contributed by atoms with van der Waals surface area (Å²) in [5.41, 5.74) is 0.494. The number of hydrogen-bond acceptors (Lipinski definition) is 5. The molecule has 2 heterocycles. The number of thiazole rings is 1. The van der Waals surface area contributed by atoms with Crippen LogP contribution in [0, 0.1) is 0 Å². The lowest BCUT2D eigenvalue weighted by Crippen LogP contribution is -2.49. The number of amides is 1. The van der Waals surface area contributed by atoms with Crippen LogP contribution in [0.5, 0.6) is 0 Å². The van der Waals surface area contributed by atoms with Crippen molar-refractivity contribution in [2.24, 2.45) is 0 Å². The van der Waals surface area contributed by atoms with Crippen molar-refractivity contribution in [3.63, 3.8) is 0 Å². The lowest BCUT2D eigenvalue weighted by molar-refractivity contribution is -0.149. The van der Waals surface area contributed by atoms with Crippen LogP contribution in [-0.4, -0.2) is 44.2 Å². The average molecular weight is 320 g/mol. The monoisotopic (exact) mass is 320 g/mol. The van der Waals surface area contributed by atoms with E-state index in [-0.39, 0.29) is 5.54 Å². The highest BCUT2D eigenvalue weighted by molar-refractivity contribution is 7.18. The van der Waals surface area contributed by atoms with Gasteiger partial charge in [-0.3, -0.25) is 4.79 Å². The number of carbonyl (C=O) groups excluding carboxylic acids is 1. The second kappa shape index (κ2) is 5.61. The Bertz CT molecular complexity index is 665. The van der Waals surface area contributed by atoms with Crippen LogP contribution in [0.2, 0.25) is 0 Å². The molecule has 1 aliphatic rings. The standard InChI is InChI=1S/C16H20N2O3S/c1-16(2)8-5-9-18(16)15(21)13(20)12(19)14-17-10-6-3-4-7-11(10)22-14/h3-4,6-7,12-13,19-20H,5,8-9H2,1-2H3. The molecule has 0 aliphatic carbocycles. The van der Waals surface area contributed by atoms with Crippen molar-refractivity contribution in [2.75, 3.05) is 6.54 Å². The van der Waals surface area contributed by atoms with Crippen molar-refractivity contribution < 1.29 is 15.0 Å². The van der Waals surface area contributed by atoms with E-state index >= 15 is 0 Å².